The highest BCUT2D eigenvalue weighted by Gasteiger charge is 2.04. The summed E-state index contributed by atoms with van der Waals surface area (Å²) in [6.07, 6.45) is 2.80. The molecule has 0 saturated heterocycles. The molecule has 0 aromatic rings. The maximum atomic E-state index is 10.3. The zero-order chi connectivity index (χ0) is 9.40. The van der Waals surface area contributed by atoms with Crippen LogP contribution < -0.4 is 11.1 Å². The number of alkyl halides is 2. The van der Waals surface area contributed by atoms with Crippen molar-refractivity contribution in [3.05, 3.63) is 0 Å². The molecule has 0 heterocycles. The Labute approximate surface area is 82.6 Å². The number of unbranched alkanes of at least 4 members (excludes halogenated alkanes) is 1. The summed E-state index contributed by atoms with van der Waals surface area (Å²) in [6.45, 7) is 0.430. The van der Waals surface area contributed by atoms with Crippen LogP contribution in [0.5, 0.6) is 0 Å². The molecule has 1 atom stereocenters. The van der Waals surface area contributed by atoms with Crippen molar-refractivity contribution in [1.82, 2.24) is 5.32 Å². The number of urea groups is 1. The molecule has 12 heavy (non-hydrogen) atoms. The number of nitrogens with two attached hydrogens (primary N) is 1. The van der Waals surface area contributed by atoms with Crippen LogP contribution in [0.15, 0.2) is 0 Å². The molecule has 3 N–H and O–H groups in total. The molecule has 2 amide bonds. The first-order valence-electron chi connectivity index (χ1n) is 3.90. The molecule has 0 aliphatic rings. The van der Waals surface area contributed by atoms with Crippen LogP contribution in [0.4, 0.5) is 4.79 Å². The van der Waals surface area contributed by atoms with Crippen LogP contribution in [0.1, 0.15) is 19.3 Å². The van der Waals surface area contributed by atoms with E-state index in [-0.39, 0.29) is 5.38 Å². The molecule has 0 aliphatic heterocycles. The lowest BCUT2D eigenvalue weighted by Gasteiger charge is -2.08. The first-order chi connectivity index (χ1) is 5.66. The summed E-state index contributed by atoms with van der Waals surface area (Å²) in [7, 11) is 0. The third-order valence-electron chi connectivity index (χ3n) is 1.40. The van der Waals surface area contributed by atoms with Crippen molar-refractivity contribution in [2.75, 3.05) is 12.4 Å². The van der Waals surface area contributed by atoms with Crippen molar-refractivity contribution in [3.8, 4) is 0 Å². The molecule has 0 rings (SSSR count). The Bertz CT molecular complexity index is 133. The van der Waals surface area contributed by atoms with Gasteiger partial charge in [0.05, 0.1) is 5.38 Å². The zero-order valence-corrected chi connectivity index (χ0v) is 8.37. The predicted octanol–water partition coefficient (Wildman–Crippen LogP) is 1.67. The molecule has 1 unspecified atom stereocenters. The second-order valence-corrected chi connectivity index (χ2v) is 3.52. The minimum absolute atomic E-state index is 0.0410. The number of carbonyl (C=O) groups excluding carboxylic acids is 1. The lowest BCUT2D eigenvalue weighted by molar-refractivity contribution is 0.249. The van der Waals surface area contributed by atoms with Crippen molar-refractivity contribution >= 4 is 29.2 Å². The van der Waals surface area contributed by atoms with E-state index in [1.807, 2.05) is 0 Å². The van der Waals surface area contributed by atoms with Crippen molar-refractivity contribution < 1.29 is 4.79 Å². The standard InChI is InChI=1S/C7H14Cl2N2O/c8-4-2-1-3-6(9)5-11-7(10)12/h6H,1-5H2,(H3,10,11,12). The predicted molar refractivity (Wildman–Crippen MR) is 51.8 cm³/mol. The highest BCUT2D eigenvalue weighted by molar-refractivity contribution is 6.20. The smallest absolute Gasteiger partial charge is 0.312 e. The summed E-state index contributed by atoms with van der Waals surface area (Å²) in [5.41, 5.74) is 4.87. The molecule has 0 aliphatic carbocycles. The van der Waals surface area contributed by atoms with Gasteiger partial charge in [0.2, 0.25) is 0 Å². The Morgan fingerprint density at radius 3 is 2.67 bits per heavy atom. The van der Waals surface area contributed by atoms with Gasteiger partial charge in [-0.25, -0.2) is 4.79 Å². The van der Waals surface area contributed by atoms with E-state index < -0.39 is 6.03 Å². The van der Waals surface area contributed by atoms with Gasteiger partial charge in [0.25, 0.3) is 0 Å². The van der Waals surface area contributed by atoms with E-state index in [9.17, 15) is 4.79 Å². The van der Waals surface area contributed by atoms with E-state index >= 15 is 0 Å². The number of rotatable bonds is 6. The first kappa shape index (κ1) is 11.8. The van der Waals surface area contributed by atoms with Gasteiger partial charge in [-0.05, 0) is 12.8 Å². The number of hydrogen-bond donors (Lipinski definition) is 2. The third-order valence-corrected chi connectivity index (χ3v) is 2.04. The van der Waals surface area contributed by atoms with E-state index in [4.69, 9.17) is 28.9 Å². The topological polar surface area (TPSA) is 55.1 Å². The van der Waals surface area contributed by atoms with Crippen molar-refractivity contribution in [2.45, 2.75) is 24.6 Å². The van der Waals surface area contributed by atoms with Crippen molar-refractivity contribution in [2.24, 2.45) is 5.73 Å². The number of primary amides is 1. The number of carbonyl (C=O) groups is 1. The van der Waals surface area contributed by atoms with Crippen molar-refractivity contribution in [1.29, 1.82) is 0 Å². The highest BCUT2D eigenvalue weighted by atomic mass is 35.5. The fraction of sp³-hybridized carbons (Fsp3) is 0.857. The van der Waals surface area contributed by atoms with Crippen LogP contribution in [0.25, 0.3) is 0 Å². The summed E-state index contributed by atoms with van der Waals surface area (Å²) in [5, 5.41) is 2.41. The van der Waals surface area contributed by atoms with Gasteiger partial charge in [0.1, 0.15) is 0 Å². The van der Waals surface area contributed by atoms with Gasteiger partial charge in [-0.15, -0.1) is 23.2 Å². The lowest BCUT2D eigenvalue weighted by Crippen LogP contribution is -2.34. The van der Waals surface area contributed by atoms with Crippen LogP contribution >= 0.6 is 23.2 Å². The van der Waals surface area contributed by atoms with E-state index in [0.29, 0.717) is 12.4 Å². The summed E-state index contributed by atoms with van der Waals surface area (Å²) < 4.78 is 0. The molecule has 72 valence electrons. The van der Waals surface area contributed by atoms with Gasteiger partial charge in [-0.1, -0.05) is 6.42 Å². The van der Waals surface area contributed by atoms with Crippen molar-refractivity contribution in [3.63, 3.8) is 0 Å². The fourth-order valence-corrected chi connectivity index (χ4v) is 1.19. The van der Waals surface area contributed by atoms with E-state index in [1.165, 1.54) is 0 Å². The summed E-state index contributed by atoms with van der Waals surface area (Å²) in [4.78, 5) is 10.3. The highest BCUT2D eigenvalue weighted by Crippen LogP contribution is 2.06. The van der Waals surface area contributed by atoms with Crippen LogP contribution in [0.2, 0.25) is 0 Å². The Kier molecular flexibility index (Phi) is 7.40. The Hall–Kier alpha value is -0.150. The largest absolute Gasteiger partial charge is 0.352 e. The average Bonchev–Trinajstić information content (AvgIpc) is 2.01. The lowest BCUT2D eigenvalue weighted by atomic mass is 10.2. The summed E-state index contributed by atoms with van der Waals surface area (Å²) in [5.74, 6) is 0.660. The summed E-state index contributed by atoms with van der Waals surface area (Å²) >= 11 is 11.3. The molecular weight excluding hydrogens is 199 g/mol. The van der Waals surface area contributed by atoms with Crippen LogP contribution in [-0.4, -0.2) is 23.8 Å². The average molecular weight is 213 g/mol. The van der Waals surface area contributed by atoms with E-state index in [1.54, 1.807) is 0 Å². The second kappa shape index (κ2) is 7.50. The minimum Gasteiger partial charge on any atom is -0.352 e. The third kappa shape index (κ3) is 7.95. The van der Waals surface area contributed by atoms with Gasteiger partial charge >= 0.3 is 6.03 Å². The number of halogens is 2. The van der Waals surface area contributed by atoms with Gasteiger partial charge in [0.15, 0.2) is 0 Å². The molecule has 0 spiro atoms. The number of nitrogens with one attached hydrogen (secondary N) is 1. The minimum atomic E-state index is -0.530. The molecule has 3 nitrogen and oxygen atoms in total. The van der Waals surface area contributed by atoms with Gasteiger partial charge in [-0.3, -0.25) is 0 Å². The Morgan fingerprint density at radius 2 is 2.17 bits per heavy atom. The van der Waals surface area contributed by atoms with Gasteiger partial charge < -0.3 is 11.1 Å². The fourth-order valence-electron chi connectivity index (χ4n) is 0.774. The first-order valence-corrected chi connectivity index (χ1v) is 4.87. The Balaban J connectivity index is 3.21. The molecular formula is C7H14Cl2N2O. The molecule has 5 heteroatoms. The van der Waals surface area contributed by atoms with Crippen LogP contribution in [-0.2, 0) is 0 Å². The monoisotopic (exact) mass is 212 g/mol. The maximum Gasteiger partial charge on any atom is 0.312 e. The van der Waals surface area contributed by atoms with Crippen LogP contribution in [0, 0.1) is 0 Å². The number of hydrogen-bond acceptors (Lipinski definition) is 1. The van der Waals surface area contributed by atoms with E-state index in [0.717, 1.165) is 19.3 Å². The van der Waals surface area contributed by atoms with Crippen LogP contribution in [0.3, 0.4) is 0 Å². The van der Waals surface area contributed by atoms with Gasteiger partial charge in [-0.2, -0.15) is 0 Å². The quantitative estimate of drug-likeness (QED) is 0.511. The SMILES string of the molecule is NC(=O)NCC(Cl)CCCCCl. The normalized spacial score (nSPS) is 12.5. The second-order valence-electron chi connectivity index (χ2n) is 2.53. The molecule has 0 radical (unpaired) electrons. The molecule has 0 bridgehead atoms. The maximum absolute atomic E-state index is 10.3. The molecule has 0 aromatic carbocycles. The molecule has 0 aromatic heterocycles. The van der Waals surface area contributed by atoms with E-state index in [2.05, 4.69) is 5.32 Å². The molecule has 0 saturated carbocycles. The molecule has 0 fully saturated rings. The number of amides is 2. The zero-order valence-electron chi connectivity index (χ0n) is 6.85. The summed E-state index contributed by atoms with van der Waals surface area (Å²) in [6, 6.07) is -0.530. The Morgan fingerprint density at radius 1 is 1.50 bits per heavy atom. The van der Waals surface area contributed by atoms with Gasteiger partial charge in [0, 0.05) is 12.4 Å².